The summed E-state index contributed by atoms with van der Waals surface area (Å²) in [6.07, 6.45) is -2.53. The first-order valence-electron chi connectivity index (χ1n) is 14.7. The largest absolute Gasteiger partial charge is 0.508 e. The summed E-state index contributed by atoms with van der Waals surface area (Å²) in [4.78, 5) is 59.8. The number of allylic oxidation sites excluding steroid dienone is 2. The number of hydrazine groups is 1. The molecular weight excluding hydrogens is 676 g/mol. The van der Waals surface area contributed by atoms with E-state index in [0.29, 0.717) is 44.6 Å². The molecule has 4 aromatic rings. The van der Waals surface area contributed by atoms with E-state index >= 15 is 4.79 Å². The molecule has 48 heavy (non-hydrogen) atoms. The summed E-state index contributed by atoms with van der Waals surface area (Å²) < 4.78 is 43.6. The molecule has 0 spiro atoms. The summed E-state index contributed by atoms with van der Waals surface area (Å²) in [6, 6.07) is 11.0. The summed E-state index contributed by atoms with van der Waals surface area (Å²) >= 11 is 12.4. The molecule has 248 valence electrons. The van der Waals surface area contributed by atoms with Crippen molar-refractivity contribution in [1.29, 1.82) is 0 Å². The Balaban J connectivity index is 1.47. The van der Waals surface area contributed by atoms with Crippen LogP contribution in [0.1, 0.15) is 40.6 Å². The quantitative estimate of drug-likeness (QED) is 0.233. The molecule has 1 saturated heterocycles. The van der Waals surface area contributed by atoms with Crippen molar-refractivity contribution in [3.05, 3.63) is 120 Å². The number of phenols is 1. The lowest BCUT2D eigenvalue weighted by Gasteiger charge is -2.49. The number of alkyl halides is 3. The number of nitrogens with zero attached hydrogens (tertiary/aromatic N) is 5. The Hall–Kier alpha value is -4.82. The topological polar surface area (TPSA) is 131 Å². The predicted octanol–water partition coefficient (Wildman–Crippen LogP) is 4.70. The van der Waals surface area contributed by atoms with Gasteiger partial charge >= 0.3 is 17.6 Å². The Kier molecular flexibility index (Phi) is 7.18. The minimum absolute atomic E-state index is 0.00482. The fraction of sp³-hybridized carbons (Fsp3) is 0.281. The van der Waals surface area contributed by atoms with Gasteiger partial charge in [-0.15, -0.1) is 0 Å². The van der Waals surface area contributed by atoms with Gasteiger partial charge < -0.3 is 5.11 Å². The van der Waals surface area contributed by atoms with Crippen molar-refractivity contribution in [2.45, 2.75) is 43.4 Å². The number of hydrogen-bond donors (Lipinski definition) is 2. The molecule has 2 aromatic carbocycles. The number of anilines is 1. The van der Waals surface area contributed by atoms with Crippen molar-refractivity contribution in [2.75, 3.05) is 5.43 Å². The monoisotopic (exact) mass is 700 g/mol. The van der Waals surface area contributed by atoms with E-state index in [0.717, 1.165) is 4.57 Å². The van der Waals surface area contributed by atoms with E-state index in [-0.39, 0.29) is 24.5 Å². The number of carbonyl (C=O) groups is 2. The minimum Gasteiger partial charge on any atom is -0.508 e. The number of imide groups is 1. The molecule has 2 amide bonds. The van der Waals surface area contributed by atoms with Gasteiger partial charge in [-0.1, -0.05) is 53.5 Å². The van der Waals surface area contributed by atoms with Crippen LogP contribution in [0, 0.1) is 12.8 Å². The second-order valence-electron chi connectivity index (χ2n) is 12.1. The average Bonchev–Trinajstić information content (AvgIpc) is 3.39. The number of nitrogens with one attached hydrogen (secondary N) is 1. The molecule has 0 radical (unpaired) electrons. The maximum Gasteiger partial charge on any atom is 0.417 e. The Bertz CT molecular complexity index is 2190. The Morgan fingerprint density at radius 2 is 1.73 bits per heavy atom. The number of carbonyl (C=O) groups excluding carboxylic acids is 2. The Labute approximate surface area is 279 Å². The van der Waals surface area contributed by atoms with Crippen LogP contribution in [0.3, 0.4) is 0 Å². The minimum atomic E-state index is -4.74. The second-order valence-corrected chi connectivity index (χ2v) is 12.9. The van der Waals surface area contributed by atoms with E-state index in [1.54, 1.807) is 49.4 Å². The maximum atomic E-state index is 15.0. The molecule has 16 heteroatoms. The second kappa shape index (κ2) is 10.9. The summed E-state index contributed by atoms with van der Waals surface area (Å²) in [5.41, 5.74) is 0.613. The highest BCUT2D eigenvalue weighted by atomic mass is 35.5. The first-order chi connectivity index (χ1) is 22.7. The molecular formula is C32H25Cl2F3N6O5. The highest BCUT2D eigenvalue weighted by Gasteiger charge is 2.69. The van der Waals surface area contributed by atoms with E-state index in [4.69, 9.17) is 23.2 Å². The van der Waals surface area contributed by atoms with Gasteiger partial charge in [-0.05, 0) is 59.9 Å². The van der Waals surface area contributed by atoms with Crippen LogP contribution in [0.4, 0.5) is 19.0 Å². The molecule has 3 aliphatic rings. The van der Waals surface area contributed by atoms with Gasteiger partial charge in [-0.25, -0.2) is 28.5 Å². The number of phenolic OH excluding ortho intramolecular Hbond substituents is 1. The zero-order chi connectivity index (χ0) is 34.4. The summed E-state index contributed by atoms with van der Waals surface area (Å²) in [6.45, 7) is 1.68. The van der Waals surface area contributed by atoms with Crippen molar-refractivity contribution in [2.24, 2.45) is 13.0 Å². The zero-order valence-corrected chi connectivity index (χ0v) is 26.6. The molecule has 4 heterocycles. The number of halogens is 5. The van der Waals surface area contributed by atoms with Crippen LogP contribution in [0.25, 0.3) is 0 Å². The molecule has 4 atom stereocenters. The lowest BCUT2D eigenvalue weighted by atomic mass is 9.53. The third kappa shape index (κ3) is 4.45. The van der Waals surface area contributed by atoms with Gasteiger partial charge in [0, 0.05) is 24.2 Å². The number of hydrogen-bond acceptors (Lipinski definition) is 7. The van der Waals surface area contributed by atoms with E-state index in [1.165, 1.54) is 22.5 Å². The first-order valence-corrected chi connectivity index (χ1v) is 15.4. The normalized spacial score (nSPS) is 23.4. The standard InChI is InChI=1S/C32H25Cl2F3N6O5/c1-15-11-16(3-8-24(15)44)25-20-9-10-41-29(47)40(2)30(48)43(41)23(20)13-21-27(45)42(28(46)31(21,25)17-4-6-19(33)7-5-17)39-26-22(34)12-18(14-38-26)32(35,36)37/h3-9,11-12,14,21,23,25,44H,10,13H2,1-2H3,(H,38,39). The van der Waals surface area contributed by atoms with Gasteiger partial charge in [0.25, 0.3) is 11.8 Å². The molecule has 4 unspecified atom stereocenters. The summed E-state index contributed by atoms with van der Waals surface area (Å²) in [7, 11) is 1.35. The fourth-order valence-electron chi connectivity index (χ4n) is 7.39. The fourth-order valence-corrected chi connectivity index (χ4v) is 7.72. The Morgan fingerprint density at radius 3 is 2.38 bits per heavy atom. The number of benzene rings is 2. The first kappa shape index (κ1) is 31.8. The molecule has 2 aromatic heterocycles. The highest BCUT2D eigenvalue weighted by Crippen LogP contribution is 2.62. The number of pyridine rings is 1. The van der Waals surface area contributed by atoms with Crippen LogP contribution in [0.2, 0.25) is 10.0 Å². The van der Waals surface area contributed by atoms with Gasteiger partial charge in [0.05, 0.1) is 34.5 Å². The van der Waals surface area contributed by atoms with Gasteiger partial charge in [-0.2, -0.15) is 18.2 Å². The molecule has 1 saturated carbocycles. The lowest BCUT2D eigenvalue weighted by molar-refractivity contribution is -0.139. The van der Waals surface area contributed by atoms with E-state index in [1.807, 2.05) is 0 Å². The molecule has 0 bridgehead atoms. The van der Waals surface area contributed by atoms with Crippen molar-refractivity contribution >= 4 is 40.8 Å². The number of fused-ring (bicyclic) bond motifs is 4. The lowest BCUT2D eigenvalue weighted by Crippen LogP contribution is -2.53. The van der Waals surface area contributed by atoms with Crippen molar-refractivity contribution in [1.82, 2.24) is 23.9 Å². The molecule has 1 aliphatic carbocycles. The van der Waals surface area contributed by atoms with Gasteiger partial charge in [0.2, 0.25) is 0 Å². The van der Waals surface area contributed by atoms with Crippen molar-refractivity contribution in [3.8, 4) is 5.75 Å². The molecule has 2 fully saturated rings. The third-order valence-electron chi connectivity index (χ3n) is 9.57. The van der Waals surface area contributed by atoms with E-state index in [9.17, 15) is 32.7 Å². The average molecular weight is 701 g/mol. The predicted molar refractivity (Wildman–Crippen MR) is 168 cm³/mol. The number of aromatic nitrogens is 4. The molecule has 7 rings (SSSR count). The van der Waals surface area contributed by atoms with E-state index < -0.39 is 63.2 Å². The van der Waals surface area contributed by atoms with Crippen LogP contribution < -0.4 is 16.8 Å². The maximum absolute atomic E-state index is 15.0. The molecule has 11 nitrogen and oxygen atoms in total. The third-order valence-corrected chi connectivity index (χ3v) is 10.1. The van der Waals surface area contributed by atoms with Crippen LogP contribution in [0.5, 0.6) is 5.75 Å². The number of rotatable bonds is 4. The number of aryl methyl sites for hydroxylation is 1. The zero-order valence-electron chi connectivity index (χ0n) is 25.1. The highest BCUT2D eigenvalue weighted by molar-refractivity contribution is 6.33. The summed E-state index contributed by atoms with van der Waals surface area (Å²) in [5, 5.41) is 11.0. The van der Waals surface area contributed by atoms with Crippen molar-refractivity contribution < 1.29 is 27.9 Å². The van der Waals surface area contributed by atoms with Crippen LogP contribution in [-0.2, 0) is 34.8 Å². The van der Waals surface area contributed by atoms with Gasteiger partial charge in [-0.3, -0.25) is 15.0 Å². The van der Waals surface area contributed by atoms with Crippen molar-refractivity contribution in [3.63, 3.8) is 0 Å². The van der Waals surface area contributed by atoms with E-state index in [2.05, 4.69) is 10.4 Å². The Morgan fingerprint density at radius 1 is 1.02 bits per heavy atom. The van der Waals surface area contributed by atoms with Gasteiger partial charge in [0.15, 0.2) is 5.82 Å². The smallest absolute Gasteiger partial charge is 0.417 e. The number of aromatic hydroxyl groups is 1. The number of amides is 2. The molecule has 2 N–H and O–H groups in total. The SMILES string of the molecule is Cc1cc(C2C3=CCn4c(=O)n(C)c(=O)n4C3CC3C(=O)N(Nc4ncc(C(F)(F)F)cc4Cl)C(=O)C32c2ccc(Cl)cc2)ccc1O. The van der Waals surface area contributed by atoms with Gasteiger partial charge in [0.1, 0.15) is 5.75 Å². The van der Waals surface area contributed by atoms with Crippen LogP contribution >= 0.6 is 23.2 Å². The summed E-state index contributed by atoms with van der Waals surface area (Å²) in [5.74, 6) is -3.99. The molecule has 2 aliphatic heterocycles. The van der Waals surface area contributed by atoms with Crippen LogP contribution in [-0.4, -0.2) is 40.8 Å². The van der Waals surface area contributed by atoms with Crippen LogP contribution in [0.15, 0.2) is 76.0 Å².